The molecule has 98 valence electrons. The topological polar surface area (TPSA) is 49.8 Å². The first-order valence-electron chi connectivity index (χ1n) is 6.21. The first-order valence-corrected chi connectivity index (χ1v) is 6.21. The molecule has 1 aromatic rings. The number of aromatic hydroxyl groups is 1. The number of hydrogen-bond acceptors (Lipinski definition) is 3. The fourth-order valence-electron chi connectivity index (χ4n) is 2.34. The average molecular weight is 249 g/mol. The Bertz CT molecular complexity index is 448. The van der Waals surface area contributed by atoms with Gasteiger partial charge in [0.1, 0.15) is 5.75 Å². The molecule has 0 bridgehead atoms. The van der Waals surface area contributed by atoms with Crippen molar-refractivity contribution in [1.82, 2.24) is 4.90 Å². The highest BCUT2D eigenvalue weighted by Gasteiger charge is 2.27. The fourth-order valence-corrected chi connectivity index (χ4v) is 2.34. The van der Waals surface area contributed by atoms with E-state index in [0.29, 0.717) is 18.7 Å². The van der Waals surface area contributed by atoms with Crippen LogP contribution in [-0.2, 0) is 4.74 Å². The van der Waals surface area contributed by atoms with Crippen LogP contribution in [0.25, 0.3) is 0 Å². The van der Waals surface area contributed by atoms with Crippen LogP contribution in [0, 0.1) is 6.92 Å². The molecule has 0 radical (unpaired) electrons. The quantitative estimate of drug-likeness (QED) is 0.827. The van der Waals surface area contributed by atoms with Gasteiger partial charge in [0.15, 0.2) is 0 Å². The van der Waals surface area contributed by atoms with E-state index in [0.717, 1.165) is 5.56 Å². The molecular weight excluding hydrogens is 230 g/mol. The Hall–Kier alpha value is -1.55. The summed E-state index contributed by atoms with van der Waals surface area (Å²) in [5.41, 5.74) is 1.30. The zero-order valence-corrected chi connectivity index (χ0v) is 11.0. The summed E-state index contributed by atoms with van der Waals surface area (Å²) in [5.74, 6) is -0.0821. The molecule has 1 aromatic carbocycles. The van der Waals surface area contributed by atoms with E-state index in [-0.39, 0.29) is 23.9 Å². The molecule has 0 saturated carbocycles. The Kier molecular flexibility index (Phi) is 3.57. The molecule has 1 saturated heterocycles. The summed E-state index contributed by atoms with van der Waals surface area (Å²) < 4.78 is 5.60. The smallest absolute Gasteiger partial charge is 0.257 e. The van der Waals surface area contributed by atoms with E-state index in [1.54, 1.807) is 17.0 Å². The molecule has 1 N–H and O–H groups in total. The molecule has 1 aliphatic heterocycles. The number of ether oxygens (including phenoxy) is 1. The lowest BCUT2D eigenvalue weighted by Gasteiger charge is -2.35. The third-order valence-electron chi connectivity index (χ3n) is 3.09. The summed E-state index contributed by atoms with van der Waals surface area (Å²) in [7, 11) is 0. The van der Waals surface area contributed by atoms with Gasteiger partial charge in [-0.15, -0.1) is 0 Å². The Morgan fingerprint density at radius 2 is 1.94 bits per heavy atom. The summed E-state index contributed by atoms with van der Waals surface area (Å²) in [5, 5.41) is 9.85. The zero-order valence-electron chi connectivity index (χ0n) is 11.0. The summed E-state index contributed by atoms with van der Waals surface area (Å²) in [6.45, 7) is 6.91. The van der Waals surface area contributed by atoms with Crippen molar-refractivity contribution in [2.45, 2.75) is 33.0 Å². The monoisotopic (exact) mass is 249 g/mol. The number of phenols is 1. The summed E-state index contributed by atoms with van der Waals surface area (Å²) in [6.07, 6.45) is 0.0654. The molecule has 1 aliphatic rings. The molecule has 0 aromatic heterocycles. The number of phenolic OH excluding ortho intramolecular Hbond substituents is 1. The van der Waals surface area contributed by atoms with Crippen LogP contribution in [-0.4, -0.2) is 41.2 Å². The Morgan fingerprint density at radius 3 is 2.50 bits per heavy atom. The summed E-state index contributed by atoms with van der Waals surface area (Å²) in [4.78, 5) is 14.1. The third-order valence-corrected chi connectivity index (χ3v) is 3.09. The number of amides is 1. The SMILES string of the molecule is Cc1ccc(C(=O)N2CC(C)OC(C)C2)c(O)c1. The van der Waals surface area contributed by atoms with Gasteiger partial charge in [0.05, 0.1) is 17.8 Å². The highest BCUT2D eigenvalue weighted by atomic mass is 16.5. The van der Waals surface area contributed by atoms with E-state index in [1.165, 1.54) is 0 Å². The van der Waals surface area contributed by atoms with Gasteiger partial charge in [-0.05, 0) is 38.5 Å². The van der Waals surface area contributed by atoms with Crippen LogP contribution in [0.15, 0.2) is 18.2 Å². The lowest BCUT2D eigenvalue weighted by Crippen LogP contribution is -2.48. The number of rotatable bonds is 1. The highest BCUT2D eigenvalue weighted by molar-refractivity contribution is 5.97. The molecule has 2 rings (SSSR count). The Labute approximate surface area is 107 Å². The number of aryl methyl sites for hydroxylation is 1. The van der Waals surface area contributed by atoms with Crippen LogP contribution >= 0.6 is 0 Å². The fraction of sp³-hybridized carbons (Fsp3) is 0.500. The van der Waals surface area contributed by atoms with Crippen molar-refractivity contribution in [2.75, 3.05) is 13.1 Å². The van der Waals surface area contributed by atoms with Crippen molar-refractivity contribution in [3.05, 3.63) is 29.3 Å². The number of hydrogen-bond donors (Lipinski definition) is 1. The number of carbonyl (C=O) groups excluding carboxylic acids is 1. The number of carbonyl (C=O) groups is 1. The maximum absolute atomic E-state index is 12.3. The molecule has 1 fully saturated rings. The molecule has 0 aliphatic carbocycles. The standard InChI is InChI=1S/C14H19NO3/c1-9-4-5-12(13(16)6-9)14(17)15-7-10(2)18-11(3)8-15/h4-6,10-11,16H,7-8H2,1-3H3. The molecule has 2 unspecified atom stereocenters. The molecule has 4 nitrogen and oxygen atoms in total. The van der Waals surface area contributed by atoms with E-state index >= 15 is 0 Å². The van der Waals surface area contributed by atoms with Gasteiger partial charge in [0, 0.05) is 13.1 Å². The van der Waals surface area contributed by atoms with Gasteiger partial charge in [-0.25, -0.2) is 0 Å². The zero-order chi connectivity index (χ0) is 13.3. The molecule has 18 heavy (non-hydrogen) atoms. The first kappa shape index (κ1) is 12.9. The molecule has 4 heteroatoms. The maximum atomic E-state index is 12.3. The lowest BCUT2D eigenvalue weighted by molar-refractivity contribution is -0.0586. The number of morpholine rings is 1. The van der Waals surface area contributed by atoms with Gasteiger partial charge in [0.25, 0.3) is 5.91 Å². The molecule has 2 atom stereocenters. The largest absolute Gasteiger partial charge is 0.507 e. The third kappa shape index (κ3) is 2.64. The predicted molar refractivity (Wildman–Crippen MR) is 68.8 cm³/mol. The summed E-state index contributed by atoms with van der Waals surface area (Å²) >= 11 is 0. The van der Waals surface area contributed by atoms with E-state index < -0.39 is 0 Å². The van der Waals surface area contributed by atoms with Gasteiger partial charge >= 0.3 is 0 Å². The summed E-state index contributed by atoms with van der Waals surface area (Å²) in [6, 6.07) is 5.12. The predicted octanol–water partition coefficient (Wildman–Crippen LogP) is 1.95. The van der Waals surface area contributed by atoms with Crippen LogP contribution in [0.3, 0.4) is 0 Å². The maximum Gasteiger partial charge on any atom is 0.257 e. The van der Waals surface area contributed by atoms with Crippen LogP contribution in [0.2, 0.25) is 0 Å². The van der Waals surface area contributed by atoms with Crippen molar-refractivity contribution < 1.29 is 14.6 Å². The molecular formula is C14H19NO3. The van der Waals surface area contributed by atoms with Gasteiger partial charge in [-0.2, -0.15) is 0 Å². The van der Waals surface area contributed by atoms with Crippen molar-refractivity contribution in [2.24, 2.45) is 0 Å². The normalized spacial score (nSPS) is 24.1. The van der Waals surface area contributed by atoms with Crippen LogP contribution in [0.1, 0.15) is 29.8 Å². The van der Waals surface area contributed by atoms with E-state index in [4.69, 9.17) is 4.74 Å². The van der Waals surface area contributed by atoms with Crippen molar-refractivity contribution in [3.63, 3.8) is 0 Å². The Balaban J connectivity index is 2.20. The first-order chi connectivity index (χ1) is 8.47. The second kappa shape index (κ2) is 4.98. The molecule has 1 amide bonds. The van der Waals surface area contributed by atoms with Crippen molar-refractivity contribution >= 4 is 5.91 Å². The second-order valence-electron chi connectivity index (χ2n) is 4.99. The van der Waals surface area contributed by atoms with Crippen LogP contribution in [0.5, 0.6) is 5.75 Å². The number of nitrogens with zero attached hydrogens (tertiary/aromatic N) is 1. The van der Waals surface area contributed by atoms with Crippen LogP contribution in [0.4, 0.5) is 0 Å². The Morgan fingerprint density at radius 1 is 1.33 bits per heavy atom. The van der Waals surface area contributed by atoms with Gasteiger partial charge in [-0.1, -0.05) is 6.07 Å². The van der Waals surface area contributed by atoms with Crippen molar-refractivity contribution in [3.8, 4) is 5.75 Å². The van der Waals surface area contributed by atoms with E-state index in [2.05, 4.69) is 0 Å². The van der Waals surface area contributed by atoms with Gasteiger partial charge in [-0.3, -0.25) is 4.79 Å². The van der Waals surface area contributed by atoms with Gasteiger partial charge < -0.3 is 14.7 Å². The minimum Gasteiger partial charge on any atom is -0.507 e. The highest BCUT2D eigenvalue weighted by Crippen LogP contribution is 2.22. The lowest BCUT2D eigenvalue weighted by atomic mass is 10.1. The van der Waals surface area contributed by atoms with E-state index in [9.17, 15) is 9.90 Å². The second-order valence-corrected chi connectivity index (χ2v) is 4.99. The minimum absolute atomic E-state index is 0.0327. The molecule has 0 spiro atoms. The van der Waals surface area contributed by atoms with Gasteiger partial charge in [0.2, 0.25) is 0 Å². The minimum atomic E-state index is -0.130. The van der Waals surface area contributed by atoms with Crippen molar-refractivity contribution in [1.29, 1.82) is 0 Å². The molecule has 1 heterocycles. The number of benzene rings is 1. The average Bonchev–Trinajstić information content (AvgIpc) is 2.26. The van der Waals surface area contributed by atoms with Crippen LogP contribution < -0.4 is 0 Å². The van der Waals surface area contributed by atoms with E-state index in [1.807, 2.05) is 26.8 Å².